The minimum absolute atomic E-state index is 0.572. The van der Waals surface area contributed by atoms with Crippen LogP contribution >= 0.6 is 0 Å². The van der Waals surface area contributed by atoms with Gasteiger partial charge in [-0.05, 0) is 81.5 Å². The number of piperidine rings is 1. The molecule has 0 amide bonds. The van der Waals surface area contributed by atoms with Crippen molar-refractivity contribution in [3.63, 3.8) is 0 Å². The highest BCUT2D eigenvalue weighted by Gasteiger charge is 2.21. The summed E-state index contributed by atoms with van der Waals surface area (Å²) in [5.41, 5.74) is 3.88. The first-order valence-corrected chi connectivity index (χ1v) is 10.2. The van der Waals surface area contributed by atoms with Crippen molar-refractivity contribution >= 4 is 26.5 Å². The summed E-state index contributed by atoms with van der Waals surface area (Å²) in [7, 11) is 1.75. The molecule has 2 aromatic rings. The molecule has 1 aromatic carbocycles. The summed E-state index contributed by atoms with van der Waals surface area (Å²) in [5, 5.41) is 1.33. The molecule has 2 heterocycles. The third-order valence-electron chi connectivity index (χ3n) is 5.03. The van der Waals surface area contributed by atoms with Gasteiger partial charge in [0.1, 0.15) is 0 Å². The fourth-order valence-corrected chi connectivity index (χ4v) is 4.16. The van der Waals surface area contributed by atoms with Crippen molar-refractivity contribution in [2.75, 3.05) is 32.9 Å². The van der Waals surface area contributed by atoms with E-state index in [0.29, 0.717) is 11.7 Å². The molecule has 3 rings (SSSR count). The Balaban J connectivity index is 1.82. The monoisotopic (exact) mass is 333 g/mol. The lowest BCUT2D eigenvalue weighted by Gasteiger charge is -2.28. The van der Waals surface area contributed by atoms with Crippen LogP contribution in [0.2, 0.25) is 0 Å². The second-order valence-corrected chi connectivity index (χ2v) is 9.11. The molecule has 1 aliphatic rings. The average Bonchev–Trinajstić information content (AvgIpc) is 2.97. The zero-order valence-electron chi connectivity index (χ0n) is 14.1. The lowest BCUT2D eigenvalue weighted by Crippen LogP contribution is -2.29. The number of likely N-dealkylation sites (tertiary alicyclic amines) is 1. The highest BCUT2D eigenvalue weighted by Crippen LogP contribution is 2.33. The van der Waals surface area contributed by atoms with Crippen molar-refractivity contribution in [2.45, 2.75) is 25.2 Å². The number of H-pyrrole nitrogens is 1. The minimum Gasteiger partial charge on any atom is -0.361 e. The fourth-order valence-electron chi connectivity index (χ4n) is 3.39. The molecule has 23 heavy (non-hydrogen) atoms. The average molecular weight is 334 g/mol. The van der Waals surface area contributed by atoms with E-state index in [1.165, 1.54) is 48.0 Å². The molecule has 1 atom stereocenters. The number of nitrogens with one attached hydrogen (secondary N) is 2. The lowest BCUT2D eigenvalue weighted by atomic mass is 9.89. The van der Waals surface area contributed by atoms with Gasteiger partial charge in [0, 0.05) is 32.6 Å². The van der Waals surface area contributed by atoms with Gasteiger partial charge in [-0.25, -0.2) is 4.72 Å². The van der Waals surface area contributed by atoms with Gasteiger partial charge < -0.3 is 9.88 Å². The zero-order chi connectivity index (χ0) is 16.4. The van der Waals surface area contributed by atoms with Crippen LogP contribution in [0.4, 0.5) is 0 Å². The first kappa shape index (κ1) is 16.6. The summed E-state index contributed by atoms with van der Waals surface area (Å²) in [6.45, 7) is 2.34. The van der Waals surface area contributed by atoms with E-state index in [0.717, 1.165) is 6.42 Å². The Bertz CT molecular complexity index is 771. The Morgan fingerprint density at radius 3 is 2.83 bits per heavy atom. The maximum atomic E-state index is 12.1. The molecule has 0 radical (unpaired) electrons. The van der Waals surface area contributed by atoms with Crippen LogP contribution in [-0.2, 0) is 16.1 Å². The molecule has 2 N–H and O–H groups in total. The molecule has 1 aromatic heterocycles. The Morgan fingerprint density at radius 2 is 2.13 bits per heavy atom. The van der Waals surface area contributed by atoms with Gasteiger partial charge in [0.05, 0.1) is 0 Å². The maximum absolute atomic E-state index is 12.1. The molecule has 5 heteroatoms. The van der Waals surface area contributed by atoms with Crippen molar-refractivity contribution in [2.24, 2.45) is 0 Å². The van der Waals surface area contributed by atoms with Crippen molar-refractivity contribution in [1.29, 1.82) is 0 Å². The summed E-state index contributed by atoms with van der Waals surface area (Å²) in [6.07, 6.45) is 5.42. The Kier molecular flexibility index (Phi) is 4.80. The normalized spacial score (nSPS) is 19.9. The summed E-state index contributed by atoms with van der Waals surface area (Å²) in [4.78, 5) is 5.81. The molecular weight excluding hydrogens is 306 g/mol. The molecule has 0 aliphatic carbocycles. The molecule has 1 unspecified atom stereocenters. The van der Waals surface area contributed by atoms with Gasteiger partial charge >= 0.3 is 0 Å². The van der Waals surface area contributed by atoms with Gasteiger partial charge in [0.15, 0.2) is 0 Å². The second kappa shape index (κ2) is 6.67. The summed E-state index contributed by atoms with van der Waals surface area (Å²) in [5.74, 6) is 4.98. The molecule has 0 saturated carbocycles. The summed E-state index contributed by atoms with van der Waals surface area (Å²) >= 11 is 0. The lowest BCUT2D eigenvalue weighted by molar-refractivity contribution is 0.256. The van der Waals surface area contributed by atoms with Crippen molar-refractivity contribution in [3.05, 3.63) is 35.5 Å². The topological polar surface area (TPSA) is 48.1 Å². The molecule has 1 fully saturated rings. The SMILES string of the molecule is C=S(=O)(CCc1ccc2[nH]cc(C3CCN(C)CC3)c2c1)NC. The van der Waals surface area contributed by atoms with Crippen LogP contribution in [0.1, 0.15) is 29.9 Å². The van der Waals surface area contributed by atoms with Crippen LogP contribution in [0.3, 0.4) is 0 Å². The van der Waals surface area contributed by atoms with Gasteiger partial charge in [-0.15, -0.1) is 0 Å². The first-order chi connectivity index (χ1) is 11.0. The van der Waals surface area contributed by atoms with Gasteiger partial charge in [0.2, 0.25) is 0 Å². The number of hydrogen-bond donors (Lipinski definition) is 2. The number of aromatic amines is 1. The van der Waals surface area contributed by atoms with Crippen molar-refractivity contribution < 1.29 is 4.21 Å². The van der Waals surface area contributed by atoms with Crippen LogP contribution in [0.15, 0.2) is 24.4 Å². The Hall–Kier alpha value is -1.30. The van der Waals surface area contributed by atoms with E-state index in [2.05, 4.69) is 51.9 Å². The molecule has 0 bridgehead atoms. The largest absolute Gasteiger partial charge is 0.361 e. The number of benzene rings is 1. The zero-order valence-corrected chi connectivity index (χ0v) is 14.9. The van der Waals surface area contributed by atoms with Gasteiger partial charge in [-0.1, -0.05) is 6.07 Å². The van der Waals surface area contributed by atoms with E-state index in [4.69, 9.17) is 0 Å². The van der Waals surface area contributed by atoms with Crippen LogP contribution in [-0.4, -0.2) is 52.9 Å². The fraction of sp³-hybridized carbons (Fsp3) is 0.500. The first-order valence-electron chi connectivity index (χ1n) is 8.30. The predicted molar refractivity (Wildman–Crippen MR) is 101 cm³/mol. The number of rotatable bonds is 5. The second-order valence-electron chi connectivity index (χ2n) is 6.67. The van der Waals surface area contributed by atoms with E-state index < -0.39 is 9.71 Å². The molecule has 0 spiro atoms. The molecular formula is C18H27N3OS. The third kappa shape index (κ3) is 3.79. The highest BCUT2D eigenvalue weighted by atomic mass is 32.2. The Morgan fingerprint density at radius 1 is 1.39 bits per heavy atom. The standard InChI is InChI=1S/C18H27N3OS/c1-19-23(3,22)11-8-14-4-5-18-16(12-14)17(13-20-18)15-6-9-21(2)10-7-15/h4-5,12-13,15,20H,3,6-11H2,1-2H3,(H,19,22). The smallest absolute Gasteiger partial charge is 0.0457 e. The number of nitrogens with zero attached hydrogens (tertiary/aromatic N) is 1. The van der Waals surface area contributed by atoms with E-state index in [1.807, 2.05) is 0 Å². The predicted octanol–water partition coefficient (Wildman–Crippen LogP) is 2.37. The summed E-state index contributed by atoms with van der Waals surface area (Å²) in [6, 6.07) is 6.54. The number of aromatic nitrogens is 1. The number of fused-ring (bicyclic) bond motifs is 1. The Labute approximate surface area is 139 Å². The van der Waals surface area contributed by atoms with Crippen LogP contribution in [0, 0.1) is 0 Å². The summed E-state index contributed by atoms with van der Waals surface area (Å²) < 4.78 is 14.9. The van der Waals surface area contributed by atoms with Crippen LogP contribution < -0.4 is 4.72 Å². The van der Waals surface area contributed by atoms with Gasteiger partial charge in [-0.2, -0.15) is 0 Å². The van der Waals surface area contributed by atoms with E-state index in [9.17, 15) is 4.21 Å². The highest BCUT2D eigenvalue weighted by molar-refractivity contribution is 7.98. The van der Waals surface area contributed by atoms with E-state index in [1.54, 1.807) is 7.05 Å². The van der Waals surface area contributed by atoms with Gasteiger partial charge in [0.25, 0.3) is 0 Å². The van der Waals surface area contributed by atoms with E-state index >= 15 is 0 Å². The molecule has 1 saturated heterocycles. The molecule has 126 valence electrons. The quantitative estimate of drug-likeness (QED) is 0.825. The minimum atomic E-state index is -2.16. The van der Waals surface area contributed by atoms with Crippen LogP contribution in [0.25, 0.3) is 10.9 Å². The van der Waals surface area contributed by atoms with Crippen molar-refractivity contribution in [3.8, 4) is 0 Å². The van der Waals surface area contributed by atoms with Crippen molar-refractivity contribution in [1.82, 2.24) is 14.6 Å². The number of aryl methyl sites for hydroxylation is 1. The molecule has 4 nitrogen and oxygen atoms in total. The number of hydrogen-bond acceptors (Lipinski definition) is 2. The van der Waals surface area contributed by atoms with Gasteiger partial charge in [-0.3, -0.25) is 4.21 Å². The maximum Gasteiger partial charge on any atom is 0.0457 e. The molecule has 1 aliphatic heterocycles. The van der Waals surface area contributed by atoms with Crippen LogP contribution in [0.5, 0.6) is 0 Å². The third-order valence-corrected chi connectivity index (χ3v) is 6.64. The van der Waals surface area contributed by atoms with E-state index in [-0.39, 0.29) is 0 Å².